The van der Waals surface area contributed by atoms with Crippen LogP contribution in [0.25, 0.3) is 5.57 Å². The van der Waals surface area contributed by atoms with Crippen molar-refractivity contribution in [2.75, 3.05) is 32.7 Å². The van der Waals surface area contributed by atoms with Crippen LogP contribution in [0.1, 0.15) is 41.3 Å². The summed E-state index contributed by atoms with van der Waals surface area (Å²) in [4.78, 5) is 16.5. The number of aryl methyl sites for hydroxylation is 1. The van der Waals surface area contributed by atoms with Crippen LogP contribution in [-0.4, -0.2) is 68.3 Å². The third-order valence-electron chi connectivity index (χ3n) is 5.79. The molecule has 2 aliphatic rings. The first-order chi connectivity index (χ1) is 14.7. The van der Waals surface area contributed by atoms with Gasteiger partial charge in [-0.05, 0) is 25.0 Å². The molecule has 0 radical (unpaired) electrons. The zero-order chi connectivity index (χ0) is 20.9. The van der Waals surface area contributed by atoms with Crippen molar-refractivity contribution in [3.05, 3.63) is 53.3 Å². The smallest absolute Gasteiger partial charge is 0.253 e. The molecule has 1 aromatic heterocycles. The number of aromatic nitrogens is 3. The molecular formula is C22H26N6O2. The molecule has 0 atom stereocenters. The molecule has 8 heteroatoms. The van der Waals surface area contributed by atoms with Crippen molar-refractivity contribution >= 4 is 11.5 Å². The first-order valence-electron chi connectivity index (χ1n) is 10.5. The summed E-state index contributed by atoms with van der Waals surface area (Å²) >= 11 is 0. The van der Waals surface area contributed by atoms with Crippen LogP contribution < -0.4 is 0 Å². The van der Waals surface area contributed by atoms with Crippen LogP contribution in [0, 0.1) is 11.3 Å². The van der Waals surface area contributed by atoms with Crippen molar-refractivity contribution in [2.24, 2.45) is 0 Å². The van der Waals surface area contributed by atoms with Crippen LogP contribution in [0.5, 0.6) is 0 Å². The van der Waals surface area contributed by atoms with Crippen molar-refractivity contribution < 1.29 is 9.90 Å². The van der Waals surface area contributed by atoms with Gasteiger partial charge in [-0.1, -0.05) is 24.6 Å². The number of aliphatic hydroxyl groups excluding tert-OH is 1. The number of hydrogen-bond acceptors (Lipinski definition) is 6. The van der Waals surface area contributed by atoms with Gasteiger partial charge in [0.2, 0.25) is 0 Å². The van der Waals surface area contributed by atoms with Gasteiger partial charge >= 0.3 is 0 Å². The second-order valence-electron chi connectivity index (χ2n) is 7.77. The molecule has 2 aliphatic heterocycles. The maximum absolute atomic E-state index is 12.6. The Hall–Kier alpha value is -3.18. The van der Waals surface area contributed by atoms with Gasteiger partial charge in [0.1, 0.15) is 23.2 Å². The Balaban J connectivity index is 1.42. The van der Waals surface area contributed by atoms with Crippen LogP contribution in [-0.2, 0) is 13.0 Å². The number of carbonyl (C=O) groups is 1. The topological polar surface area (TPSA) is 98.3 Å². The molecule has 1 aromatic carbocycles. The maximum atomic E-state index is 12.6. The van der Waals surface area contributed by atoms with Crippen LogP contribution in [0.4, 0.5) is 0 Å². The highest BCUT2D eigenvalue weighted by molar-refractivity contribution is 5.94. The molecule has 0 bridgehead atoms. The van der Waals surface area contributed by atoms with Crippen molar-refractivity contribution in [1.29, 1.82) is 5.26 Å². The fourth-order valence-corrected chi connectivity index (χ4v) is 4.08. The molecule has 1 saturated heterocycles. The summed E-state index contributed by atoms with van der Waals surface area (Å²) in [7, 11) is 0. The predicted octanol–water partition coefficient (Wildman–Crippen LogP) is 2.26. The molecule has 0 spiro atoms. The number of amides is 1. The van der Waals surface area contributed by atoms with Gasteiger partial charge in [-0.15, -0.1) is 10.2 Å². The average molecular weight is 406 g/mol. The Kier molecular flexibility index (Phi) is 6.10. The Bertz CT molecular complexity index is 967. The van der Waals surface area contributed by atoms with Crippen LogP contribution >= 0.6 is 0 Å². The molecule has 156 valence electrons. The molecule has 3 heterocycles. The third-order valence-corrected chi connectivity index (χ3v) is 5.79. The average Bonchev–Trinajstić information content (AvgIpc) is 3.02. The Labute approximate surface area is 176 Å². The number of piperazine rings is 1. The quantitative estimate of drug-likeness (QED) is 0.618. The van der Waals surface area contributed by atoms with E-state index < -0.39 is 0 Å². The first kappa shape index (κ1) is 20.1. The number of hydrogen-bond donors (Lipinski definition) is 1. The van der Waals surface area contributed by atoms with Crippen molar-refractivity contribution in [1.82, 2.24) is 24.6 Å². The maximum Gasteiger partial charge on any atom is 0.253 e. The molecule has 4 rings (SSSR count). The van der Waals surface area contributed by atoms with E-state index in [0.717, 1.165) is 38.1 Å². The summed E-state index contributed by atoms with van der Waals surface area (Å²) < 4.78 is 1.97. The van der Waals surface area contributed by atoms with Gasteiger partial charge in [0.15, 0.2) is 5.82 Å². The minimum Gasteiger partial charge on any atom is -0.509 e. The summed E-state index contributed by atoms with van der Waals surface area (Å²) in [5.74, 6) is 1.39. The molecule has 8 nitrogen and oxygen atoms in total. The number of allylic oxidation sites excluding steroid dienone is 1. The first-order valence-corrected chi connectivity index (χ1v) is 10.5. The SMILES string of the molecule is N#C/C(=C(/O)CN1CCN(C(=O)c2ccccc2)CC1)c1nnc2n1CCCCC2. The summed E-state index contributed by atoms with van der Waals surface area (Å²) in [5.41, 5.74) is 0.881. The molecule has 30 heavy (non-hydrogen) atoms. The Morgan fingerprint density at radius 3 is 2.53 bits per heavy atom. The predicted molar refractivity (Wildman–Crippen MR) is 112 cm³/mol. The number of aliphatic hydroxyl groups is 1. The van der Waals surface area contributed by atoms with E-state index in [0.29, 0.717) is 37.6 Å². The summed E-state index contributed by atoms with van der Waals surface area (Å²) in [6.45, 7) is 3.49. The highest BCUT2D eigenvalue weighted by Crippen LogP contribution is 2.22. The number of nitrogens with zero attached hydrogens (tertiary/aromatic N) is 6. The largest absolute Gasteiger partial charge is 0.509 e. The molecular weight excluding hydrogens is 380 g/mol. The number of nitriles is 1. The lowest BCUT2D eigenvalue weighted by atomic mass is 10.1. The van der Waals surface area contributed by atoms with Crippen molar-refractivity contribution in [3.8, 4) is 6.07 Å². The number of rotatable bonds is 4. The monoisotopic (exact) mass is 406 g/mol. The molecule has 1 fully saturated rings. The van der Waals surface area contributed by atoms with Crippen molar-refractivity contribution in [2.45, 2.75) is 32.2 Å². The molecule has 0 aliphatic carbocycles. The van der Waals surface area contributed by atoms with E-state index in [1.807, 2.05) is 39.8 Å². The lowest BCUT2D eigenvalue weighted by Gasteiger charge is -2.34. The second-order valence-corrected chi connectivity index (χ2v) is 7.77. The van der Waals surface area contributed by atoms with E-state index in [9.17, 15) is 15.2 Å². The molecule has 0 saturated carbocycles. The fraction of sp³-hybridized carbons (Fsp3) is 0.455. The van der Waals surface area contributed by atoms with Gasteiger partial charge in [-0.2, -0.15) is 5.26 Å². The third kappa shape index (κ3) is 4.21. The van der Waals surface area contributed by atoms with Gasteiger partial charge in [0, 0.05) is 44.7 Å². The number of benzene rings is 1. The summed E-state index contributed by atoms with van der Waals surface area (Å²) in [5, 5.41) is 28.8. The van der Waals surface area contributed by atoms with Gasteiger partial charge in [0.25, 0.3) is 5.91 Å². The normalized spacial score (nSPS) is 18.2. The van der Waals surface area contributed by atoms with E-state index in [-0.39, 0.29) is 23.8 Å². The number of carbonyl (C=O) groups excluding carboxylic acids is 1. The molecule has 2 aromatic rings. The Morgan fingerprint density at radius 1 is 1.03 bits per heavy atom. The van der Waals surface area contributed by atoms with E-state index in [4.69, 9.17) is 0 Å². The van der Waals surface area contributed by atoms with Gasteiger partial charge in [-0.3, -0.25) is 9.69 Å². The van der Waals surface area contributed by atoms with Gasteiger partial charge < -0.3 is 14.6 Å². The lowest BCUT2D eigenvalue weighted by molar-refractivity contribution is 0.0637. The fourth-order valence-electron chi connectivity index (χ4n) is 4.08. The summed E-state index contributed by atoms with van der Waals surface area (Å²) in [6, 6.07) is 11.4. The molecule has 0 unspecified atom stereocenters. The van der Waals surface area contributed by atoms with Crippen molar-refractivity contribution in [3.63, 3.8) is 0 Å². The van der Waals surface area contributed by atoms with Crippen LogP contribution in [0.15, 0.2) is 36.1 Å². The highest BCUT2D eigenvalue weighted by Gasteiger charge is 2.25. The zero-order valence-corrected chi connectivity index (χ0v) is 17.0. The minimum absolute atomic E-state index is 0.0137. The van der Waals surface area contributed by atoms with E-state index in [1.54, 1.807) is 0 Å². The van der Waals surface area contributed by atoms with E-state index in [2.05, 4.69) is 21.2 Å². The molecule has 1 N–H and O–H groups in total. The lowest BCUT2D eigenvalue weighted by Crippen LogP contribution is -2.49. The molecule has 1 amide bonds. The standard InChI is InChI=1S/C22H26N6O2/c23-15-18(21-25-24-20-9-5-2-6-10-28(20)21)19(29)16-26-11-13-27(14-12-26)22(30)17-7-3-1-4-8-17/h1,3-4,7-8,29H,2,5-6,9-14,16H2/b19-18-. The van der Waals surface area contributed by atoms with Gasteiger partial charge in [0.05, 0.1) is 6.54 Å². The van der Waals surface area contributed by atoms with Crippen LogP contribution in [0.3, 0.4) is 0 Å². The minimum atomic E-state index is 0.0137. The van der Waals surface area contributed by atoms with Crippen LogP contribution in [0.2, 0.25) is 0 Å². The Morgan fingerprint density at radius 2 is 1.80 bits per heavy atom. The van der Waals surface area contributed by atoms with E-state index in [1.165, 1.54) is 0 Å². The van der Waals surface area contributed by atoms with E-state index >= 15 is 0 Å². The summed E-state index contributed by atoms with van der Waals surface area (Å²) in [6.07, 6.45) is 4.08. The second kappa shape index (κ2) is 9.09. The number of fused-ring (bicyclic) bond motifs is 1. The zero-order valence-electron chi connectivity index (χ0n) is 17.0. The van der Waals surface area contributed by atoms with Gasteiger partial charge in [-0.25, -0.2) is 0 Å². The highest BCUT2D eigenvalue weighted by atomic mass is 16.3.